The van der Waals surface area contributed by atoms with Crippen LogP contribution in [0.25, 0.3) is 0 Å². The summed E-state index contributed by atoms with van der Waals surface area (Å²) in [6.45, 7) is 3.87. The van der Waals surface area contributed by atoms with Crippen molar-refractivity contribution in [2.45, 2.75) is 18.7 Å². The number of anilines is 2. The summed E-state index contributed by atoms with van der Waals surface area (Å²) in [5, 5.41) is 0. The third-order valence-electron chi connectivity index (χ3n) is 3.12. The average Bonchev–Trinajstić information content (AvgIpc) is 2.38. The predicted octanol–water partition coefficient (Wildman–Crippen LogP) is 2.93. The highest BCUT2D eigenvalue weighted by molar-refractivity contribution is 7.93. The SMILES string of the molecule is CCN(c1cccc(C)c1)S(=O)(=O)c1ccc(F)cc1N. The number of nitrogen functional groups attached to an aromatic ring is 1. The highest BCUT2D eigenvalue weighted by Gasteiger charge is 2.26. The first-order valence-electron chi connectivity index (χ1n) is 6.50. The average molecular weight is 308 g/mol. The van der Waals surface area contributed by atoms with E-state index in [1.54, 1.807) is 25.1 Å². The molecule has 0 aliphatic carbocycles. The molecular formula is C15H17FN2O2S. The van der Waals surface area contributed by atoms with E-state index in [-0.39, 0.29) is 17.1 Å². The van der Waals surface area contributed by atoms with E-state index in [1.807, 2.05) is 13.0 Å². The van der Waals surface area contributed by atoms with Crippen LogP contribution in [-0.2, 0) is 10.0 Å². The maximum absolute atomic E-state index is 13.1. The first-order valence-corrected chi connectivity index (χ1v) is 7.94. The van der Waals surface area contributed by atoms with Crippen LogP contribution in [-0.4, -0.2) is 15.0 Å². The lowest BCUT2D eigenvalue weighted by Gasteiger charge is -2.24. The van der Waals surface area contributed by atoms with Gasteiger partial charge in [0.25, 0.3) is 10.0 Å². The number of aryl methyl sites for hydroxylation is 1. The second-order valence-corrected chi connectivity index (χ2v) is 6.52. The molecule has 0 bridgehead atoms. The van der Waals surface area contributed by atoms with Crippen LogP contribution < -0.4 is 10.0 Å². The Labute approximate surface area is 124 Å². The Morgan fingerprint density at radius 3 is 2.48 bits per heavy atom. The molecule has 6 heteroatoms. The first-order chi connectivity index (χ1) is 9.86. The third-order valence-corrected chi connectivity index (χ3v) is 5.09. The van der Waals surface area contributed by atoms with Gasteiger partial charge in [-0.15, -0.1) is 0 Å². The second kappa shape index (κ2) is 5.73. The molecule has 0 fully saturated rings. The fourth-order valence-corrected chi connectivity index (χ4v) is 3.71. The number of benzene rings is 2. The summed E-state index contributed by atoms with van der Waals surface area (Å²) in [4.78, 5) is -0.0905. The molecule has 0 unspecified atom stereocenters. The lowest BCUT2D eigenvalue weighted by Crippen LogP contribution is -2.31. The maximum atomic E-state index is 13.1. The number of rotatable bonds is 4. The summed E-state index contributed by atoms with van der Waals surface area (Å²) >= 11 is 0. The molecule has 2 N–H and O–H groups in total. The van der Waals surface area contributed by atoms with Crippen LogP contribution in [0, 0.1) is 12.7 Å². The number of hydrogen-bond acceptors (Lipinski definition) is 3. The number of sulfonamides is 1. The van der Waals surface area contributed by atoms with Crippen LogP contribution in [0.1, 0.15) is 12.5 Å². The summed E-state index contributed by atoms with van der Waals surface area (Å²) in [6, 6.07) is 10.5. The Bertz CT molecular complexity index is 760. The Morgan fingerprint density at radius 2 is 1.90 bits per heavy atom. The summed E-state index contributed by atoms with van der Waals surface area (Å²) < 4.78 is 39.8. The number of halogens is 1. The van der Waals surface area contributed by atoms with Crippen molar-refractivity contribution in [2.75, 3.05) is 16.6 Å². The molecule has 2 aromatic carbocycles. The quantitative estimate of drug-likeness (QED) is 0.883. The van der Waals surface area contributed by atoms with Crippen LogP contribution in [0.15, 0.2) is 47.4 Å². The molecule has 21 heavy (non-hydrogen) atoms. The maximum Gasteiger partial charge on any atom is 0.266 e. The summed E-state index contributed by atoms with van der Waals surface area (Å²) in [6.07, 6.45) is 0. The van der Waals surface area contributed by atoms with Crippen LogP contribution in [0.4, 0.5) is 15.8 Å². The van der Waals surface area contributed by atoms with Gasteiger partial charge in [-0.1, -0.05) is 12.1 Å². The summed E-state index contributed by atoms with van der Waals surface area (Å²) in [5.74, 6) is -0.565. The van der Waals surface area contributed by atoms with E-state index in [1.165, 1.54) is 10.4 Å². The van der Waals surface area contributed by atoms with Gasteiger partial charge in [0.15, 0.2) is 0 Å². The van der Waals surface area contributed by atoms with Crippen molar-refractivity contribution in [1.82, 2.24) is 0 Å². The molecule has 0 aromatic heterocycles. The van der Waals surface area contributed by atoms with E-state index < -0.39 is 15.8 Å². The minimum absolute atomic E-state index is 0.0905. The van der Waals surface area contributed by atoms with Gasteiger partial charge < -0.3 is 5.73 Å². The monoisotopic (exact) mass is 308 g/mol. The Hall–Kier alpha value is -2.08. The molecule has 112 valence electrons. The van der Waals surface area contributed by atoms with Gasteiger partial charge in [0.05, 0.1) is 11.4 Å². The van der Waals surface area contributed by atoms with Crippen molar-refractivity contribution in [3.05, 3.63) is 53.8 Å². The third kappa shape index (κ3) is 3.00. The summed E-state index contributed by atoms with van der Waals surface area (Å²) in [7, 11) is -3.83. The van der Waals surface area contributed by atoms with Crippen molar-refractivity contribution >= 4 is 21.4 Å². The lowest BCUT2D eigenvalue weighted by molar-refractivity contribution is 0.591. The predicted molar refractivity (Wildman–Crippen MR) is 82.2 cm³/mol. The minimum Gasteiger partial charge on any atom is -0.398 e. The first kappa shape index (κ1) is 15.3. The van der Waals surface area contributed by atoms with Crippen LogP contribution in [0.3, 0.4) is 0 Å². The van der Waals surface area contributed by atoms with Gasteiger partial charge in [-0.05, 0) is 49.7 Å². The van der Waals surface area contributed by atoms with Gasteiger partial charge in [0, 0.05) is 6.54 Å². The van der Waals surface area contributed by atoms with Gasteiger partial charge in [-0.25, -0.2) is 12.8 Å². The van der Waals surface area contributed by atoms with Crippen molar-refractivity contribution in [2.24, 2.45) is 0 Å². The van der Waals surface area contributed by atoms with E-state index in [0.29, 0.717) is 5.69 Å². The zero-order valence-corrected chi connectivity index (χ0v) is 12.7. The summed E-state index contributed by atoms with van der Waals surface area (Å²) in [5.41, 5.74) is 7.07. The molecule has 2 aromatic rings. The molecule has 0 atom stereocenters. The van der Waals surface area contributed by atoms with E-state index in [2.05, 4.69) is 0 Å². The van der Waals surface area contributed by atoms with Crippen molar-refractivity contribution in [1.29, 1.82) is 0 Å². The Balaban J connectivity index is 2.54. The highest BCUT2D eigenvalue weighted by atomic mass is 32.2. The fourth-order valence-electron chi connectivity index (χ4n) is 2.15. The smallest absolute Gasteiger partial charge is 0.266 e. The molecule has 0 saturated heterocycles. The number of hydrogen-bond donors (Lipinski definition) is 1. The van der Waals surface area contributed by atoms with Crippen LogP contribution in [0.2, 0.25) is 0 Å². The number of nitrogens with two attached hydrogens (primary N) is 1. The molecule has 0 spiro atoms. The molecule has 0 amide bonds. The largest absolute Gasteiger partial charge is 0.398 e. The van der Waals surface area contributed by atoms with Crippen LogP contribution >= 0.6 is 0 Å². The Morgan fingerprint density at radius 1 is 1.19 bits per heavy atom. The standard InChI is InChI=1S/C15H17FN2O2S/c1-3-18(13-6-4-5-11(2)9-13)21(19,20)15-8-7-12(16)10-14(15)17/h4-10H,3,17H2,1-2H3. The molecule has 4 nitrogen and oxygen atoms in total. The van der Waals surface area contributed by atoms with E-state index in [4.69, 9.17) is 5.73 Å². The molecule has 2 rings (SSSR count). The minimum atomic E-state index is -3.83. The normalized spacial score (nSPS) is 11.4. The van der Waals surface area contributed by atoms with Crippen LogP contribution in [0.5, 0.6) is 0 Å². The van der Waals surface area contributed by atoms with Gasteiger partial charge >= 0.3 is 0 Å². The number of nitrogens with zero attached hydrogens (tertiary/aromatic N) is 1. The fraction of sp³-hybridized carbons (Fsp3) is 0.200. The molecule has 0 radical (unpaired) electrons. The van der Waals surface area contributed by atoms with Crippen molar-refractivity contribution in [3.8, 4) is 0 Å². The van der Waals surface area contributed by atoms with E-state index in [0.717, 1.165) is 17.7 Å². The van der Waals surface area contributed by atoms with Gasteiger partial charge in [-0.3, -0.25) is 4.31 Å². The highest BCUT2D eigenvalue weighted by Crippen LogP contribution is 2.27. The van der Waals surface area contributed by atoms with Crippen molar-refractivity contribution < 1.29 is 12.8 Å². The molecule has 0 aliphatic heterocycles. The molecular weight excluding hydrogens is 291 g/mol. The van der Waals surface area contributed by atoms with Crippen molar-refractivity contribution in [3.63, 3.8) is 0 Å². The van der Waals surface area contributed by atoms with E-state index in [9.17, 15) is 12.8 Å². The van der Waals surface area contributed by atoms with Gasteiger partial charge in [0.2, 0.25) is 0 Å². The molecule has 0 saturated carbocycles. The zero-order chi connectivity index (χ0) is 15.6. The second-order valence-electron chi connectivity index (χ2n) is 4.69. The lowest BCUT2D eigenvalue weighted by atomic mass is 10.2. The zero-order valence-electron chi connectivity index (χ0n) is 11.9. The van der Waals surface area contributed by atoms with E-state index >= 15 is 0 Å². The topological polar surface area (TPSA) is 63.4 Å². The molecule has 0 aliphatic rings. The molecule has 0 heterocycles. The van der Waals surface area contributed by atoms with Gasteiger partial charge in [-0.2, -0.15) is 0 Å². The Kier molecular flexibility index (Phi) is 4.18. The van der Waals surface area contributed by atoms with Gasteiger partial charge in [0.1, 0.15) is 10.7 Å².